The van der Waals surface area contributed by atoms with E-state index in [-0.39, 0.29) is 23.1 Å². The maximum Gasteiger partial charge on any atom is 0.334 e. The Morgan fingerprint density at radius 2 is 1.97 bits per heavy atom. The lowest BCUT2D eigenvalue weighted by Gasteiger charge is -2.11. The van der Waals surface area contributed by atoms with Gasteiger partial charge in [0.05, 0.1) is 28.8 Å². The highest BCUT2D eigenvalue weighted by atomic mass is 19.1. The Morgan fingerprint density at radius 3 is 2.65 bits per heavy atom. The summed E-state index contributed by atoms with van der Waals surface area (Å²) in [7, 11) is 1.31. The van der Waals surface area contributed by atoms with Gasteiger partial charge in [0.25, 0.3) is 0 Å². The third-order valence-corrected chi connectivity index (χ3v) is 4.73. The third-order valence-electron chi connectivity index (χ3n) is 4.73. The second-order valence-corrected chi connectivity index (χ2v) is 6.48. The first-order chi connectivity index (χ1) is 14.9. The number of benzene rings is 2. The van der Waals surface area contributed by atoms with Crippen LogP contribution in [-0.4, -0.2) is 31.1 Å². The number of nitrogens with zero attached hydrogens (tertiary/aromatic N) is 5. The number of anilines is 2. The van der Waals surface area contributed by atoms with Crippen molar-refractivity contribution in [2.24, 2.45) is 0 Å². The molecule has 2 aromatic carbocycles. The summed E-state index contributed by atoms with van der Waals surface area (Å²) in [4.78, 5) is 31.7. The average Bonchev–Trinajstić information content (AvgIpc) is 3.05. The summed E-state index contributed by atoms with van der Waals surface area (Å²) < 4.78 is 22.1. The number of imidazole rings is 1. The molecule has 4 rings (SSSR count). The first-order valence-electron chi connectivity index (χ1n) is 9.27. The van der Waals surface area contributed by atoms with Crippen LogP contribution >= 0.6 is 0 Å². The maximum atomic E-state index is 13.9. The number of aryl methyl sites for hydroxylation is 1. The van der Waals surface area contributed by atoms with Gasteiger partial charge in [0.15, 0.2) is 0 Å². The molecule has 31 heavy (non-hydrogen) atoms. The highest BCUT2D eigenvalue weighted by Gasteiger charge is 2.20. The number of nitrogens with one attached hydrogen (secondary N) is 1. The Morgan fingerprint density at radius 1 is 1.23 bits per heavy atom. The molecule has 158 valence electrons. The van der Waals surface area contributed by atoms with Crippen molar-refractivity contribution < 1.29 is 14.1 Å². The molecule has 10 nitrogen and oxygen atoms in total. The lowest BCUT2D eigenvalue weighted by Crippen LogP contribution is -2.23. The Kier molecular flexibility index (Phi) is 5.07. The average molecular weight is 424 g/mol. The van der Waals surface area contributed by atoms with Crippen molar-refractivity contribution >= 4 is 28.4 Å². The fourth-order valence-electron chi connectivity index (χ4n) is 3.34. The zero-order chi connectivity index (χ0) is 22.1. The molecule has 0 fully saturated rings. The molecule has 0 radical (unpaired) electrons. The quantitative estimate of drug-likeness (QED) is 0.372. The van der Waals surface area contributed by atoms with E-state index in [1.807, 2.05) is 31.2 Å². The topological polar surface area (TPSA) is 117 Å². The number of hydrogen-bond acceptors (Lipinski definition) is 7. The van der Waals surface area contributed by atoms with Crippen molar-refractivity contribution in [1.29, 1.82) is 0 Å². The number of para-hydroxylation sites is 2. The minimum atomic E-state index is -1.03. The second-order valence-electron chi connectivity index (χ2n) is 6.48. The molecule has 0 atom stereocenters. The highest BCUT2D eigenvalue weighted by molar-refractivity contribution is 5.78. The molecular formula is C20H17FN6O4. The summed E-state index contributed by atoms with van der Waals surface area (Å²) in [5, 5.41) is 13.9. The highest BCUT2D eigenvalue weighted by Crippen LogP contribution is 2.33. The Labute approximate surface area is 174 Å². The van der Waals surface area contributed by atoms with Crippen LogP contribution in [0.5, 0.6) is 5.75 Å². The number of fused-ring (bicyclic) bond motifs is 1. The van der Waals surface area contributed by atoms with E-state index in [0.717, 1.165) is 17.6 Å². The summed E-state index contributed by atoms with van der Waals surface area (Å²) in [6.07, 6.45) is 1.44. The largest absolute Gasteiger partial charge is 0.494 e. The van der Waals surface area contributed by atoms with Gasteiger partial charge in [0.1, 0.15) is 11.6 Å². The lowest BCUT2D eigenvalue weighted by atomic mass is 10.2. The van der Waals surface area contributed by atoms with Gasteiger partial charge in [-0.25, -0.2) is 14.3 Å². The van der Waals surface area contributed by atoms with E-state index in [4.69, 9.17) is 4.74 Å². The molecule has 0 saturated heterocycles. The first kappa shape index (κ1) is 20.0. The van der Waals surface area contributed by atoms with E-state index >= 15 is 0 Å². The van der Waals surface area contributed by atoms with Gasteiger partial charge in [-0.05, 0) is 19.1 Å². The van der Waals surface area contributed by atoms with E-state index in [1.165, 1.54) is 17.9 Å². The SMILES string of the molecule is CCn1c(=O)n(-c2ccnc(Nc3cc([N+](=O)[O-])c(F)cc3OC)n2)c2ccccc21. The molecule has 0 bridgehead atoms. The van der Waals surface area contributed by atoms with Crippen molar-refractivity contribution in [2.75, 3.05) is 12.4 Å². The Bertz CT molecular complexity index is 1360. The summed E-state index contributed by atoms with van der Waals surface area (Å²) in [5.41, 5.74) is 0.564. The molecule has 0 aliphatic carbocycles. The Hall–Kier alpha value is -4.28. The molecule has 0 aliphatic rings. The van der Waals surface area contributed by atoms with Gasteiger partial charge in [-0.1, -0.05) is 12.1 Å². The molecule has 11 heteroatoms. The predicted octanol–water partition coefficient (Wildman–Crippen LogP) is 3.40. The molecule has 0 amide bonds. The van der Waals surface area contributed by atoms with E-state index in [9.17, 15) is 19.3 Å². The number of rotatable bonds is 6. The van der Waals surface area contributed by atoms with Crippen LogP contribution < -0.4 is 15.7 Å². The Balaban J connectivity index is 1.81. The molecular weight excluding hydrogens is 407 g/mol. The molecule has 4 aromatic rings. The van der Waals surface area contributed by atoms with Gasteiger partial charge in [-0.15, -0.1) is 0 Å². The monoisotopic (exact) mass is 424 g/mol. The standard InChI is InChI=1S/C20H17FN6O4/c1-3-25-14-6-4-5-7-15(14)26(20(25)28)18-8-9-22-19(24-18)23-13-11-16(27(29)30)12(21)10-17(13)31-2/h4-11H,3H2,1-2H3,(H,22,23,24). The molecule has 2 heterocycles. The van der Waals surface area contributed by atoms with Crippen LogP contribution in [0.3, 0.4) is 0 Å². The molecule has 1 N–H and O–H groups in total. The number of halogens is 1. The summed E-state index contributed by atoms with van der Waals surface area (Å²) in [6.45, 7) is 2.36. The van der Waals surface area contributed by atoms with Gasteiger partial charge in [0.2, 0.25) is 11.8 Å². The molecule has 0 unspecified atom stereocenters. The van der Waals surface area contributed by atoms with E-state index in [2.05, 4.69) is 15.3 Å². The van der Waals surface area contributed by atoms with E-state index in [0.29, 0.717) is 17.9 Å². The third kappa shape index (κ3) is 3.45. The summed E-state index contributed by atoms with van der Waals surface area (Å²) in [5.74, 6) is -0.628. The number of hydrogen-bond donors (Lipinski definition) is 1. The molecule has 0 spiro atoms. The number of nitro benzene ring substituents is 1. The lowest BCUT2D eigenvalue weighted by molar-refractivity contribution is -0.387. The maximum absolute atomic E-state index is 13.9. The van der Waals surface area contributed by atoms with Crippen LogP contribution in [0.25, 0.3) is 16.9 Å². The van der Waals surface area contributed by atoms with Gasteiger partial charge in [-0.3, -0.25) is 14.7 Å². The molecule has 2 aromatic heterocycles. The predicted molar refractivity (Wildman–Crippen MR) is 112 cm³/mol. The minimum Gasteiger partial charge on any atom is -0.494 e. The van der Waals surface area contributed by atoms with Crippen LogP contribution in [0.1, 0.15) is 6.92 Å². The number of ether oxygens (including phenoxy) is 1. The van der Waals surface area contributed by atoms with Crippen LogP contribution in [-0.2, 0) is 6.54 Å². The number of nitro groups is 1. The van der Waals surface area contributed by atoms with Crippen molar-refractivity contribution in [3.8, 4) is 11.6 Å². The van der Waals surface area contributed by atoms with Crippen LogP contribution in [0.4, 0.5) is 21.7 Å². The van der Waals surface area contributed by atoms with Gasteiger partial charge >= 0.3 is 11.4 Å². The van der Waals surface area contributed by atoms with Crippen molar-refractivity contribution in [3.63, 3.8) is 0 Å². The zero-order valence-electron chi connectivity index (χ0n) is 16.6. The van der Waals surface area contributed by atoms with Crippen LogP contribution in [0.2, 0.25) is 0 Å². The number of aromatic nitrogens is 4. The van der Waals surface area contributed by atoms with Crippen LogP contribution in [0, 0.1) is 15.9 Å². The van der Waals surface area contributed by atoms with Crippen molar-refractivity contribution in [3.05, 3.63) is 75.1 Å². The van der Waals surface area contributed by atoms with Crippen LogP contribution in [0.15, 0.2) is 53.5 Å². The summed E-state index contributed by atoms with van der Waals surface area (Å²) >= 11 is 0. The van der Waals surface area contributed by atoms with E-state index in [1.54, 1.807) is 10.6 Å². The van der Waals surface area contributed by atoms with Gasteiger partial charge < -0.3 is 10.1 Å². The van der Waals surface area contributed by atoms with Gasteiger partial charge in [0, 0.05) is 30.9 Å². The normalized spacial score (nSPS) is 10.9. The molecule has 0 saturated carbocycles. The second kappa shape index (κ2) is 7.86. The minimum absolute atomic E-state index is 0.0388. The summed E-state index contributed by atoms with van der Waals surface area (Å²) in [6, 6.07) is 10.8. The van der Waals surface area contributed by atoms with Crippen molar-refractivity contribution in [1.82, 2.24) is 19.1 Å². The zero-order valence-corrected chi connectivity index (χ0v) is 16.6. The van der Waals surface area contributed by atoms with Crippen molar-refractivity contribution in [2.45, 2.75) is 13.5 Å². The first-order valence-corrected chi connectivity index (χ1v) is 9.27. The fourth-order valence-corrected chi connectivity index (χ4v) is 3.34. The van der Waals surface area contributed by atoms with E-state index < -0.39 is 16.4 Å². The fraction of sp³-hybridized carbons (Fsp3) is 0.150. The molecule has 0 aliphatic heterocycles. The smallest absolute Gasteiger partial charge is 0.334 e. The number of methoxy groups -OCH3 is 1. The van der Waals surface area contributed by atoms with Gasteiger partial charge in [-0.2, -0.15) is 9.37 Å².